The van der Waals surface area contributed by atoms with Crippen LogP contribution < -0.4 is 5.73 Å². The molecule has 1 aromatic rings. The highest BCUT2D eigenvalue weighted by Gasteiger charge is 2.17. The number of nitrogens with zero attached hydrogens (tertiary/aromatic N) is 1. The number of halogens is 1. The Hall–Kier alpha value is -0.570. The number of rotatable bonds is 3. The molecule has 1 aliphatic heterocycles. The predicted molar refractivity (Wildman–Crippen MR) is 59.4 cm³/mol. The summed E-state index contributed by atoms with van der Waals surface area (Å²) in [5.41, 5.74) is 7.20. The highest BCUT2D eigenvalue weighted by Crippen LogP contribution is 2.18. The maximum Gasteiger partial charge on any atom is 0.0424 e. The number of benzene rings is 1. The van der Waals surface area contributed by atoms with Gasteiger partial charge in [-0.05, 0) is 37.2 Å². The quantitative estimate of drug-likeness (QED) is 0.828. The minimum Gasteiger partial charge on any atom is -0.323 e. The molecule has 14 heavy (non-hydrogen) atoms. The molecule has 1 fully saturated rings. The van der Waals surface area contributed by atoms with Gasteiger partial charge in [0.05, 0.1) is 0 Å². The molecule has 1 aromatic carbocycles. The summed E-state index contributed by atoms with van der Waals surface area (Å²) in [7, 11) is 0. The highest BCUT2D eigenvalue weighted by atomic mass is 35.5. The molecular weight excluding hydrogens is 196 g/mol. The Bertz CT molecular complexity index is 310. The zero-order valence-corrected chi connectivity index (χ0v) is 8.87. The van der Waals surface area contributed by atoms with Gasteiger partial charge in [-0.1, -0.05) is 23.7 Å². The van der Waals surface area contributed by atoms with Crippen molar-refractivity contribution in [2.45, 2.75) is 12.5 Å². The number of hydrogen-bond acceptors (Lipinski definition) is 2. The lowest BCUT2D eigenvalue weighted by atomic mass is 10.1. The first-order valence-corrected chi connectivity index (χ1v) is 5.37. The van der Waals surface area contributed by atoms with Gasteiger partial charge in [0.15, 0.2) is 0 Å². The fraction of sp³-hybridized carbons (Fsp3) is 0.455. The van der Waals surface area contributed by atoms with Gasteiger partial charge in [0, 0.05) is 17.6 Å². The van der Waals surface area contributed by atoms with Gasteiger partial charge in [0.1, 0.15) is 0 Å². The molecular formula is C11H15ClN2. The van der Waals surface area contributed by atoms with E-state index in [0.29, 0.717) is 0 Å². The summed E-state index contributed by atoms with van der Waals surface area (Å²) in [6.45, 7) is 3.32. The summed E-state index contributed by atoms with van der Waals surface area (Å²) >= 11 is 5.90. The van der Waals surface area contributed by atoms with E-state index in [2.05, 4.69) is 4.90 Å². The van der Waals surface area contributed by atoms with Crippen LogP contribution >= 0.6 is 11.6 Å². The Morgan fingerprint density at radius 3 is 2.79 bits per heavy atom. The van der Waals surface area contributed by atoms with Gasteiger partial charge in [-0.25, -0.2) is 0 Å². The van der Waals surface area contributed by atoms with E-state index in [0.717, 1.165) is 17.1 Å². The van der Waals surface area contributed by atoms with Crippen molar-refractivity contribution in [3.8, 4) is 0 Å². The molecule has 3 heteroatoms. The molecule has 0 bridgehead atoms. The van der Waals surface area contributed by atoms with Gasteiger partial charge in [-0.15, -0.1) is 0 Å². The first-order chi connectivity index (χ1) is 6.75. The second kappa shape index (κ2) is 4.30. The van der Waals surface area contributed by atoms with Crippen LogP contribution in [0, 0.1) is 0 Å². The summed E-state index contributed by atoms with van der Waals surface area (Å²) in [6, 6.07) is 7.91. The lowest BCUT2D eigenvalue weighted by Crippen LogP contribution is -2.41. The normalized spacial score (nSPS) is 19.0. The number of nitrogens with two attached hydrogens (primary N) is 1. The second-order valence-electron chi connectivity index (χ2n) is 3.82. The van der Waals surface area contributed by atoms with Gasteiger partial charge in [0.25, 0.3) is 0 Å². The van der Waals surface area contributed by atoms with Crippen LogP contribution in [0.25, 0.3) is 0 Å². The first-order valence-electron chi connectivity index (χ1n) is 4.99. The van der Waals surface area contributed by atoms with Crippen LogP contribution in [-0.2, 0) is 0 Å². The molecule has 1 saturated heterocycles. The SMILES string of the molecule is N[C@H](CN1CCC1)c1cccc(Cl)c1. The van der Waals surface area contributed by atoms with E-state index in [-0.39, 0.29) is 6.04 Å². The van der Waals surface area contributed by atoms with E-state index in [1.807, 2.05) is 24.3 Å². The van der Waals surface area contributed by atoms with Crippen molar-refractivity contribution in [3.63, 3.8) is 0 Å². The number of likely N-dealkylation sites (tertiary alicyclic amines) is 1. The minimum absolute atomic E-state index is 0.0917. The Morgan fingerprint density at radius 2 is 2.21 bits per heavy atom. The Balaban J connectivity index is 1.98. The van der Waals surface area contributed by atoms with Crippen molar-refractivity contribution in [2.75, 3.05) is 19.6 Å². The largest absolute Gasteiger partial charge is 0.323 e. The third-order valence-electron chi connectivity index (χ3n) is 2.68. The average molecular weight is 211 g/mol. The maximum atomic E-state index is 6.07. The molecule has 0 aromatic heterocycles. The molecule has 0 aliphatic carbocycles. The van der Waals surface area contributed by atoms with Crippen LogP contribution in [0.5, 0.6) is 0 Å². The molecule has 2 nitrogen and oxygen atoms in total. The summed E-state index contributed by atoms with van der Waals surface area (Å²) < 4.78 is 0. The summed E-state index contributed by atoms with van der Waals surface area (Å²) in [6.07, 6.45) is 1.31. The monoisotopic (exact) mass is 210 g/mol. The lowest BCUT2D eigenvalue weighted by Gasteiger charge is -2.33. The zero-order chi connectivity index (χ0) is 9.97. The van der Waals surface area contributed by atoms with Crippen molar-refractivity contribution in [2.24, 2.45) is 5.73 Å². The van der Waals surface area contributed by atoms with Crippen molar-refractivity contribution in [1.29, 1.82) is 0 Å². The van der Waals surface area contributed by atoms with Crippen molar-refractivity contribution >= 4 is 11.6 Å². The van der Waals surface area contributed by atoms with Crippen LogP contribution in [0.4, 0.5) is 0 Å². The highest BCUT2D eigenvalue weighted by molar-refractivity contribution is 6.30. The van der Waals surface area contributed by atoms with E-state index >= 15 is 0 Å². The summed E-state index contributed by atoms with van der Waals surface area (Å²) in [5, 5.41) is 0.765. The molecule has 1 heterocycles. The van der Waals surface area contributed by atoms with E-state index < -0.39 is 0 Å². The van der Waals surface area contributed by atoms with Crippen LogP contribution in [-0.4, -0.2) is 24.5 Å². The summed E-state index contributed by atoms with van der Waals surface area (Å²) in [5.74, 6) is 0. The lowest BCUT2D eigenvalue weighted by molar-refractivity contribution is 0.170. The zero-order valence-electron chi connectivity index (χ0n) is 8.12. The fourth-order valence-corrected chi connectivity index (χ4v) is 1.88. The molecule has 1 aliphatic rings. The molecule has 0 amide bonds. The molecule has 1 atom stereocenters. The molecule has 0 spiro atoms. The smallest absolute Gasteiger partial charge is 0.0424 e. The molecule has 0 saturated carbocycles. The second-order valence-corrected chi connectivity index (χ2v) is 4.25. The molecule has 2 rings (SSSR count). The van der Waals surface area contributed by atoms with E-state index in [9.17, 15) is 0 Å². The molecule has 0 unspecified atom stereocenters. The molecule has 2 N–H and O–H groups in total. The van der Waals surface area contributed by atoms with Gasteiger partial charge >= 0.3 is 0 Å². The van der Waals surface area contributed by atoms with Gasteiger partial charge in [-0.2, -0.15) is 0 Å². The molecule has 76 valence electrons. The van der Waals surface area contributed by atoms with Gasteiger partial charge < -0.3 is 10.6 Å². The third-order valence-corrected chi connectivity index (χ3v) is 2.92. The molecule has 0 radical (unpaired) electrons. The van der Waals surface area contributed by atoms with Crippen LogP contribution in [0.15, 0.2) is 24.3 Å². The summed E-state index contributed by atoms with van der Waals surface area (Å²) in [4.78, 5) is 2.37. The topological polar surface area (TPSA) is 29.3 Å². The number of hydrogen-bond donors (Lipinski definition) is 1. The van der Waals surface area contributed by atoms with Gasteiger partial charge in [0.2, 0.25) is 0 Å². The van der Waals surface area contributed by atoms with Crippen LogP contribution in [0.1, 0.15) is 18.0 Å². The Kier molecular flexibility index (Phi) is 3.06. The first kappa shape index (κ1) is 9.97. The van der Waals surface area contributed by atoms with Gasteiger partial charge in [-0.3, -0.25) is 0 Å². The Labute approximate surface area is 89.7 Å². The standard InChI is InChI=1S/C11H15ClN2/c12-10-4-1-3-9(7-10)11(13)8-14-5-2-6-14/h1,3-4,7,11H,2,5-6,8,13H2/t11-/m1/s1. The average Bonchev–Trinajstić information content (AvgIpc) is 2.11. The van der Waals surface area contributed by atoms with Crippen molar-refractivity contribution in [1.82, 2.24) is 4.90 Å². The van der Waals surface area contributed by atoms with E-state index in [4.69, 9.17) is 17.3 Å². The van der Waals surface area contributed by atoms with E-state index in [1.165, 1.54) is 19.5 Å². The fourth-order valence-electron chi connectivity index (χ4n) is 1.69. The Morgan fingerprint density at radius 1 is 1.43 bits per heavy atom. The van der Waals surface area contributed by atoms with Crippen molar-refractivity contribution < 1.29 is 0 Å². The van der Waals surface area contributed by atoms with Crippen LogP contribution in [0.3, 0.4) is 0 Å². The van der Waals surface area contributed by atoms with Crippen LogP contribution in [0.2, 0.25) is 5.02 Å². The maximum absolute atomic E-state index is 6.07. The minimum atomic E-state index is 0.0917. The predicted octanol–water partition coefficient (Wildman–Crippen LogP) is 2.05. The van der Waals surface area contributed by atoms with Crippen molar-refractivity contribution in [3.05, 3.63) is 34.9 Å². The third kappa shape index (κ3) is 2.27. The van der Waals surface area contributed by atoms with E-state index in [1.54, 1.807) is 0 Å².